The molecule has 0 aromatic heterocycles. The van der Waals surface area contributed by atoms with E-state index in [1.54, 1.807) is 20.2 Å². The van der Waals surface area contributed by atoms with Crippen LogP contribution in [0.3, 0.4) is 0 Å². The molecule has 5 nitrogen and oxygen atoms in total. The summed E-state index contributed by atoms with van der Waals surface area (Å²) in [4.78, 5) is 4.01. The molecular weight excluding hydrogens is 312 g/mol. The summed E-state index contributed by atoms with van der Waals surface area (Å²) in [5, 5.41) is 11.0. The third kappa shape index (κ3) is 4.57. The van der Waals surface area contributed by atoms with Crippen LogP contribution >= 0.6 is 0 Å². The number of nitrogens with two attached hydrogens (primary N) is 1. The van der Waals surface area contributed by atoms with Crippen LogP contribution in [0, 0.1) is 5.41 Å². The Kier molecular flexibility index (Phi) is 6.12. The minimum absolute atomic E-state index is 0.0592. The second kappa shape index (κ2) is 8.49. The van der Waals surface area contributed by atoms with E-state index in [9.17, 15) is 0 Å². The van der Waals surface area contributed by atoms with Gasteiger partial charge in [0, 0.05) is 19.0 Å². The summed E-state index contributed by atoms with van der Waals surface area (Å²) in [6, 6.07) is 16.9. The van der Waals surface area contributed by atoms with Crippen molar-refractivity contribution in [3.05, 3.63) is 78.0 Å². The monoisotopic (exact) mass is 334 g/mol. The van der Waals surface area contributed by atoms with Crippen LogP contribution in [0.2, 0.25) is 0 Å². The van der Waals surface area contributed by atoms with Crippen molar-refractivity contribution in [3.63, 3.8) is 0 Å². The van der Waals surface area contributed by atoms with Gasteiger partial charge in [0.05, 0.1) is 11.3 Å². The molecule has 0 radical (unpaired) electrons. The Labute approximate surface area is 148 Å². The van der Waals surface area contributed by atoms with Crippen LogP contribution in [0.4, 0.5) is 0 Å². The van der Waals surface area contributed by atoms with Crippen molar-refractivity contribution in [1.29, 1.82) is 5.41 Å². The topological polar surface area (TPSA) is 83.5 Å². The quantitative estimate of drug-likeness (QED) is 0.425. The Balaban J connectivity index is 2.32. The molecule has 25 heavy (non-hydrogen) atoms. The van der Waals surface area contributed by atoms with Gasteiger partial charge in [-0.05, 0) is 48.9 Å². The summed E-state index contributed by atoms with van der Waals surface area (Å²) in [7, 11) is 1.73. The maximum Gasteiger partial charge on any atom is 0.155 e. The molecule has 0 bridgehead atoms. The first kappa shape index (κ1) is 18.0. The normalized spacial score (nSPS) is 11.8. The number of nitrogens with zero attached hydrogens (tertiary/aromatic N) is 1. The zero-order chi connectivity index (χ0) is 18.2. The van der Waals surface area contributed by atoms with Gasteiger partial charge in [-0.25, -0.2) is 4.99 Å². The van der Waals surface area contributed by atoms with Gasteiger partial charge in [-0.1, -0.05) is 24.8 Å². The molecule has 0 aliphatic rings. The number of likely N-dealkylation sites (N-methyl/N-ethyl adjacent to an activating group) is 1. The molecule has 4 N–H and O–H groups in total. The van der Waals surface area contributed by atoms with Crippen molar-refractivity contribution in [2.75, 3.05) is 7.05 Å². The first-order chi connectivity index (χ1) is 12.1. The highest BCUT2D eigenvalue weighted by Crippen LogP contribution is 2.24. The number of nitrogens with one attached hydrogen (secondary N) is 2. The molecule has 0 atom stereocenters. The molecule has 0 saturated heterocycles. The first-order valence-corrected chi connectivity index (χ1v) is 7.84. The van der Waals surface area contributed by atoms with Gasteiger partial charge < -0.3 is 15.8 Å². The summed E-state index contributed by atoms with van der Waals surface area (Å²) in [6.07, 6.45) is 1.55. The summed E-state index contributed by atoms with van der Waals surface area (Å²) >= 11 is 0. The van der Waals surface area contributed by atoms with E-state index in [0.29, 0.717) is 22.7 Å². The fourth-order valence-corrected chi connectivity index (χ4v) is 2.22. The number of hydrogen-bond donors (Lipinski definition) is 3. The maximum absolute atomic E-state index is 8.09. The number of rotatable bonds is 6. The largest absolute Gasteiger partial charge is 0.457 e. The molecule has 0 heterocycles. The minimum Gasteiger partial charge on any atom is -0.457 e. The number of para-hydroxylation sites is 1. The fourth-order valence-electron chi connectivity index (χ4n) is 2.22. The van der Waals surface area contributed by atoms with Crippen molar-refractivity contribution < 1.29 is 4.74 Å². The molecule has 0 spiro atoms. The smallest absolute Gasteiger partial charge is 0.155 e. The third-order valence-corrected chi connectivity index (χ3v) is 3.51. The molecular formula is C20H22N4O. The number of amidine groups is 1. The predicted octanol–water partition coefficient (Wildman–Crippen LogP) is 3.95. The Morgan fingerprint density at radius 2 is 1.72 bits per heavy atom. The Morgan fingerprint density at radius 3 is 2.28 bits per heavy atom. The van der Waals surface area contributed by atoms with E-state index in [2.05, 4.69) is 16.9 Å². The molecule has 0 amide bonds. The van der Waals surface area contributed by atoms with Gasteiger partial charge in [0.15, 0.2) is 5.84 Å². The van der Waals surface area contributed by atoms with E-state index in [4.69, 9.17) is 15.9 Å². The maximum atomic E-state index is 8.09. The Morgan fingerprint density at radius 1 is 1.12 bits per heavy atom. The van der Waals surface area contributed by atoms with Crippen LogP contribution in [-0.2, 0) is 0 Å². The highest BCUT2D eigenvalue weighted by molar-refractivity contribution is 6.08. The van der Waals surface area contributed by atoms with Crippen LogP contribution in [0.1, 0.15) is 12.5 Å². The van der Waals surface area contributed by atoms with Crippen molar-refractivity contribution in [3.8, 4) is 11.5 Å². The lowest BCUT2D eigenvalue weighted by Crippen LogP contribution is -2.17. The van der Waals surface area contributed by atoms with Crippen LogP contribution in [-0.4, -0.2) is 19.1 Å². The Hall–Kier alpha value is -3.34. The predicted molar refractivity (Wildman–Crippen MR) is 104 cm³/mol. The number of benzene rings is 2. The third-order valence-electron chi connectivity index (χ3n) is 3.51. The molecule has 128 valence electrons. The highest BCUT2D eigenvalue weighted by atomic mass is 16.5. The van der Waals surface area contributed by atoms with Crippen LogP contribution < -0.4 is 15.8 Å². The zero-order valence-electron chi connectivity index (χ0n) is 14.4. The van der Waals surface area contributed by atoms with Crippen molar-refractivity contribution in [1.82, 2.24) is 5.32 Å². The molecule has 0 aliphatic heterocycles. The van der Waals surface area contributed by atoms with E-state index in [1.165, 1.54) is 0 Å². The van der Waals surface area contributed by atoms with Gasteiger partial charge in [0.25, 0.3) is 0 Å². The summed E-state index contributed by atoms with van der Waals surface area (Å²) < 4.78 is 5.78. The Bertz CT molecular complexity index is 805. The molecule has 0 aliphatic carbocycles. The van der Waals surface area contributed by atoms with E-state index in [-0.39, 0.29) is 5.84 Å². The first-order valence-electron chi connectivity index (χ1n) is 7.84. The highest BCUT2D eigenvalue weighted by Gasteiger charge is 2.14. The summed E-state index contributed by atoms with van der Waals surface area (Å²) in [5.41, 5.74) is 8.48. The van der Waals surface area contributed by atoms with Crippen molar-refractivity contribution >= 4 is 17.7 Å². The van der Waals surface area contributed by atoms with Crippen molar-refractivity contribution in [2.45, 2.75) is 6.92 Å². The van der Waals surface area contributed by atoms with E-state index >= 15 is 0 Å². The summed E-state index contributed by atoms with van der Waals surface area (Å²) in [5.74, 6) is 1.53. The van der Waals surface area contributed by atoms with Crippen molar-refractivity contribution in [2.24, 2.45) is 10.7 Å². The molecule has 5 heteroatoms. The molecule has 2 aromatic carbocycles. The SMILES string of the molecule is C=C(NC)C(C(=N)N=CC)=C(N)c1ccc(Oc2ccccc2)cc1. The van der Waals surface area contributed by atoms with Gasteiger partial charge >= 0.3 is 0 Å². The number of aliphatic imine (C=N–C) groups is 1. The van der Waals surface area contributed by atoms with E-state index in [1.807, 2.05) is 54.6 Å². The van der Waals surface area contributed by atoms with Crippen LogP contribution in [0.25, 0.3) is 5.70 Å². The summed E-state index contributed by atoms with van der Waals surface area (Å²) in [6.45, 7) is 5.66. The van der Waals surface area contributed by atoms with Crippen LogP contribution in [0.5, 0.6) is 11.5 Å². The fraction of sp³-hybridized carbons (Fsp3) is 0.100. The second-order valence-electron chi connectivity index (χ2n) is 5.19. The minimum atomic E-state index is 0.0592. The standard InChI is InChI=1S/C20H22N4O/c1-4-24-20(22)18(14(2)23-3)19(21)15-10-12-17(13-11-15)25-16-8-6-5-7-9-16/h4-13,22-23H,2,21H2,1,3H3. The average molecular weight is 334 g/mol. The second-order valence-corrected chi connectivity index (χ2v) is 5.19. The van der Waals surface area contributed by atoms with E-state index in [0.717, 1.165) is 11.3 Å². The van der Waals surface area contributed by atoms with Gasteiger partial charge in [0.2, 0.25) is 0 Å². The molecule has 2 aromatic rings. The van der Waals surface area contributed by atoms with Gasteiger partial charge in [-0.2, -0.15) is 0 Å². The number of ether oxygens (including phenoxy) is 1. The van der Waals surface area contributed by atoms with Gasteiger partial charge in [0.1, 0.15) is 11.5 Å². The van der Waals surface area contributed by atoms with Crippen LogP contribution in [0.15, 0.2) is 77.4 Å². The van der Waals surface area contributed by atoms with Gasteiger partial charge in [-0.15, -0.1) is 0 Å². The van der Waals surface area contributed by atoms with Gasteiger partial charge in [-0.3, -0.25) is 5.41 Å². The van der Waals surface area contributed by atoms with E-state index < -0.39 is 0 Å². The zero-order valence-corrected chi connectivity index (χ0v) is 14.4. The lowest BCUT2D eigenvalue weighted by atomic mass is 10.0. The lowest BCUT2D eigenvalue weighted by molar-refractivity contribution is 0.482. The molecule has 0 unspecified atom stereocenters. The molecule has 2 rings (SSSR count). The lowest BCUT2D eigenvalue weighted by Gasteiger charge is -2.14. The number of hydrogen-bond acceptors (Lipinski definition) is 4. The average Bonchev–Trinajstić information content (AvgIpc) is 2.63. The molecule has 0 fully saturated rings. The molecule has 0 saturated carbocycles.